The summed E-state index contributed by atoms with van der Waals surface area (Å²) in [5, 5.41) is 3.07. The largest absolute Gasteiger partial charge is 0.341 e. The van der Waals surface area contributed by atoms with Gasteiger partial charge in [-0.3, -0.25) is 4.79 Å². The highest BCUT2D eigenvalue weighted by Gasteiger charge is 2.10. The van der Waals surface area contributed by atoms with E-state index in [0.29, 0.717) is 18.0 Å². The molecular weight excluding hydrogens is 306 g/mol. The zero-order valence-corrected chi connectivity index (χ0v) is 13.8. The van der Waals surface area contributed by atoms with Crippen molar-refractivity contribution >= 4 is 28.3 Å². The van der Waals surface area contributed by atoms with E-state index < -0.39 is 0 Å². The molecule has 23 heavy (non-hydrogen) atoms. The van der Waals surface area contributed by atoms with Gasteiger partial charge in [0.05, 0.1) is 6.42 Å². The second-order valence-corrected chi connectivity index (χ2v) is 6.17. The quantitative estimate of drug-likeness (QED) is 0.682. The van der Waals surface area contributed by atoms with Crippen molar-refractivity contribution in [2.45, 2.75) is 13.0 Å². The number of amides is 1. The van der Waals surface area contributed by atoms with Crippen LogP contribution in [0.5, 0.6) is 0 Å². The molecule has 3 heteroatoms. The Morgan fingerprint density at radius 1 is 0.913 bits per heavy atom. The molecule has 3 aromatic carbocycles. The zero-order valence-electron chi connectivity index (χ0n) is 13.0. The van der Waals surface area contributed by atoms with E-state index in [9.17, 15) is 4.79 Å². The maximum Gasteiger partial charge on any atom is 0.227 e. The number of benzene rings is 3. The summed E-state index contributed by atoms with van der Waals surface area (Å²) < 4.78 is 0. The number of hydrogen-bond acceptors (Lipinski definition) is 1. The number of carbonyl (C=O) groups is 1. The smallest absolute Gasteiger partial charge is 0.227 e. The van der Waals surface area contributed by atoms with Crippen LogP contribution in [0.4, 0.5) is 0 Å². The SMILES string of the molecule is CN(Cc1ccc(Cl)cc1)C(=O)Cc1ccc2ccccc2c1. The molecule has 0 fully saturated rings. The first-order valence-corrected chi connectivity index (χ1v) is 7.96. The normalized spacial score (nSPS) is 10.7. The van der Waals surface area contributed by atoms with Crippen molar-refractivity contribution in [3.63, 3.8) is 0 Å². The zero-order chi connectivity index (χ0) is 16.2. The van der Waals surface area contributed by atoms with Gasteiger partial charge < -0.3 is 4.90 Å². The lowest BCUT2D eigenvalue weighted by Crippen LogP contribution is -2.27. The molecule has 0 saturated carbocycles. The molecule has 116 valence electrons. The predicted octanol–water partition coefficient (Wildman–Crippen LogP) is 4.69. The van der Waals surface area contributed by atoms with Crippen LogP contribution in [0.1, 0.15) is 11.1 Å². The first kappa shape index (κ1) is 15.6. The van der Waals surface area contributed by atoms with E-state index in [0.717, 1.165) is 16.5 Å². The minimum atomic E-state index is 0.107. The number of rotatable bonds is 4. The van der Waals surface area contributed by atoms with Gasteiger partial charge in [-0.15, -0.1) is 0 Å². The minimum absolute atomic E-state index is 0.107. The molecule has 0 heterocycles. The lowest BCUT2D eigenvalue weighted by molar-refractivity contribution is -0.129. The van der Waals surface area contributed by atoms with Crippen molar-refractivity contribution in [3.8, 4) is 0 Å². The number of hydrogen-bond donors (Lipinski definition) is 0. The average molecular weight is 324 g/mol. The lowest BCUT2D eigenvalue weighted by atomic mass is 10.0. The topological polar surface area (TPSA) is 20.3 Å². The van der Waals surface area contributed by atoms with Crippen LogP contribution in [0.15, 0.2) is 66.7 Å². The van der Waals surface area contributed by atoms with E-state index in [1.165, 1.54) is 5.39 Å². The number of likely N-dealkylation sites (N-methyl/N-ethyl adjacent to an activating group) is 1. The van der Waals surface area contributed by atoms with Gasteiger partial charge >= 0.3 is 0 Å². The summed E-state index contributed by atoms with van der Waals surface area (Å²) in [7, 11) is 1.83. The molecule has 0 N–H and O–H groups in total. The van der Waals surface area contributed by atoms with E-state index in [1.807, 2.05) is 49.5 Å². The first-order chi connectivity index (χ1) is 11.1. The second-order valence-electron chi connectivity index (χ2n) is 5.73. The molecule has 0 aliphatic rings. The number of halogens is 1. The average Bonchev–Trinajstić information content (AvgIpc) is 2.56. The molecule has 3 rings (SSSR count). The van der Waals surface area contributed by atoms with Gasteiger partial charge in [0, 0.05) is 18.6 Å². The molecule has 0 atom stereocenters. The van der Waals surface area contributed by atoms with Gasteiger partial charge in [-0.2, -0.15) is 0 Å². The van der Waals surface area contributed by atoms with Gasteiger partial charge in [0.2, 0.25) is 5.91 Å². The van der Waals surface area contributed by atoms with Gasteiger partial charge in [-0.1, -0.05) is 66.2 Å². The first-order valence-electron chi connectivity index (χ1n) is 7.58. The van der Waals surface area contributed by atoms with E-state index in [2.05, 4.69) is 24.3 Å². The summed E-state index contributed by atoms with van der Waals surface area (Å²) in [6.45, 7) is 0.587. The predicted molar refractivity (Wildman–Crippen MR) is 95.6 cm³/mol. The Labute approximate surface area is 141 Å². The molecule has 0 spiro atoms. The van der Waals surface area contributed by atoms with Gasteiger partial charge in [0.15, 0.2) is 0 Å². The van der Waals surface area contributed by atoms with Crippen LogP contribution < -0.4 is 0 Å². The van der Waals surface area contributed by atoms with Gasteiger partial charge in [-0.25, -0.2) is 0 Å². The van der Waals surface area contributed by atoms with Crippen LogP contribution in [0, 0.1) is 0 Å². The van der Waals surface area contributed by atoms with Gasteiger partial charge in [-0.05, 0) is 34.0 Å². The molecule has 2 nitrogen and oxygen atoms in total. The highest BCUT2D eigenvalue weighted by atomic mass is 35.5. The summed E-state index contributed by atoms with van der Waals surface area (Å²) in [6.07, 6.45) is 0.412. The summed E-state index contributed by atoms with van der Waals surface area (Å²) >= 11 is 5.89. The Kier molecular flexibility index (Phi) is 4.63. The molecule has 0 aliphatic heterocycles. The van der Waals surface area contributed by atoms with Crippen molar-refractivity contribution in [1.29, 1.82) is 0 Å². The maximum atomic E-state index is 12.4. The van der Waals surface area contributed by atoms with Crippen molar-refractivity contribution in [3.05, 3.63) is 82.9 Å². The summed E-state index contributed by atoms with van der Waals surface area (Å²) in [5.74, 6) is 0.107. The Balaban J connectivity index is 1.68. The summed E-state index contributed by atoms with van der Waals surface area (Å²) in [5.41, 5.74) is 2.11. The van der Waals surface area contributed by atoms with Crippen LogP contribution in [-0.2, 0) is 17.8 Å². The van der Waals surface area contributed by atoms with Crippen LogP contribution >= 0.6 is 11.6 Å². The molecule has 0 bridgehead atoms. The van der Waals surface area contributed by atoms with Crippen LogP contribution in [0.25, 0.3) is 10.8 Å². The number of nitrogens with zero attached hydrogens (tertiary/aromatic N) is 1. The standard InChI is InChI=1S/C20H18ClNO/c1-22(14-15-7-10-19(21)11-8-15)20(23)13-16-6-9-17-4-2-3-5-18(17)12-16/h2-12H,13-14H2,1H3. The molecule has 1 amide bonds. The van der Waals surface area contributed by atoms with Crippen LogP contribution in [0.2, 0.25) is 5.02 Å². The Hall–Kier alpha value is -2.32. The molecule has 0 aromatic heterocycles. The number of fused-ring (bicyclic) bond motifs is 1. The Bertz CT molecular complexity index is 826. The maximum absolute atomic E-state index is 12.4. The second kappa shape index (κ2) is 6.84. The highest BCUT2D eigenvalue weighted by Crippen LogP contribution is 2.17. The van der Waals surface area contributed by atoms with Crippen molar-refractivity contribution in [1.82, 2.24) is 4.90 Å². The fourth-order valence-electron chi connectivity index (χ4n) is 2.61. The Morgan fingerprint density at radius 3 is 2.30 bits per heavy atom. The fourth-order valence-corrected chi connectivity index (χ4v) is 2.74. The summed E-state index contributed by atoms with van der Waals surface area (Å²) in [6, 6.07) is 21.9. The van der Waals surface area contributed by atoms with Crippen molar-refractivity contribution < 1.29 is 4.79 Å². The van der Waals surface area contributed by atoms with E-state index in [4.69, 9.17) is 11.6 Å². The van der Waals surface area contributed by atoms with Gasteiger partial charge in [0.1, 0.15) is 0 Å². The third-order valence-corrected chi connectivity index (χ3v) is 4.18. The Morgan fingerprint density at radius 2 is 1.57 bits per heavy atom. The van der Waals surface area contributed by atoms with Crippen molar-refractivity contribution in [2.75, 3.05) is 7.05 Å². The third kappa shape index (κ3) is 3.91. The van der Waals surface area contributed by atoms with Gasteiger partial charge in [0.25, 0.3) is 0 Å². The van der Waals surface area contributed by atoms with Crippen LogP contribution in [-0.4, -0.2) is 17.9 Å². The van der Waals surface area contributed by atoms with E-state index in [-0.39, 0.29) is 5.91 Å². The fraction of sp³-hybridized carbons (Fsp3) is 0.150. The van der Waals surface area contributed by atoms with E-state index >= 15 is 0 Å². The molecular formula is C20H18ClNO. The molecule has 0 saturated heterocycles. The molecule has 3 aromatic rings. The third-order valence-electron chi connectivity index (χ3n) is 3.93. The highest BCUT2D eigenvalue weighted by molar-refractivity contribution is 6.30. The summed E-state index contributed by atoms with van der Waals surface area (Å²) in [4.78, 5) is 14.2. The van der Waals surface area contributed by atoms with Crippen LogP contribution in [0.3, 0.4) is 0 Å². The minimum Gasteiger partial charge on any atom is -0.341 e. The van der Waals surface area contributed by atoms with Crippen molar-refractivity contribution in [2.24, 2.45) is 0 Å². The monoisotopic (exact) mass is 323 g/mol. The molecule has 0 radical (unpaired) electrons. The number of carbonyl (C=O) groups excluding carboxylic acids is 1. The molecule has 0 unspecified atom stereocenters. The lowest BCUT2D eigenvalue weighted by Gasteiger charge is -2.17. The van der Waals surface area contributed by atoms with E-state index in [1.54, 1.807) is 4.90 Å². The molecule has 0 aliphatic carbocycles.